The second kappa shape index (κ2) is 36.6. The van der Waals surface area contributed by atoms with Crippen LogP contribution < -0.4 is 5.73 Å². The van der Waals surface area contributed by atoms with Crippen molar-refractivity contribution in [2.24, 2.45) is 5.73 Å². The van der Waals surface area contributed by atoms with E-state index in [0.717, 1.165) is 38.5 Å². The summed E-state index contributed by atoms with van der Waals surface area (Å²) in [6.45, 7) is 4.54. The Labute approximate surface area is 290 Å². The monoisotopic (exact) mass is 692 g/mol. The highest BCUT2D eigenvalue weighted by Crippen LogP contribution is 2.26. The van der Waals surface area contributed by atoms with Crippen LogP contribution in [0.1, 0.15) is 219 Å². The number of unbranched alkanes of at least 4 members (excludes halogenated alkanes) is 28. The van der Waals surface area contributed by atoms with Gasteiger partial charge in [0.1, 0.15) is 6.10 Å². The Morgan fingerprint density at radius 3 is 0.872 bits per heavy atom. The molecule has 0 amide bonds. The van der Waals surface area contributed by atoms with E-state index in [1.54, 1.807) is 0 Å². The van der Waals surface area contributed by atoms with Gasteiger partial charge in [-0.3, -0.25) is 9.59 Å². The van der Waals surface area contributed by atoms with Gasteiger partial charge in [-0.15, -0.1) is 0 Å². The fraction of sp³-hybridized carbons (Fsp3) is 0.947. The molecule has 47 heavy (non-hydrogen) atoms. The van der Waals surface area contributed by atoms with Gasteiger partial charge in [-0.1, -0.05) is 194 Å². The average Bonchev–Trinajstić information content (AvgIpc) is 3.03. The largest absolute Gasteiger partial charge is 0.466 e. The van der Waals surface area contributed by atoms with Crippen molar-refractivity contribution in [2.75, 3.05) is 0 Å². The van der Waals surface area contributed by atoms with Crippen molar-refractivity contribution >= 4 is 19.4 Å². The third kappa shape index (κ3) is 41.5. The second-order valence-electron chi connectivity index (χ2n) is 13.8. The van der Waals surface area contributed by atoms with Gasteiger partial charge in [0.25, 0.3) is 0 Å². The first-order valence-corrected chi connectivity index (χ1v) is 21.4. The van der Waals surface area contributed by atoms with Crippen molar-refractivity contribution in [1.29, 1.82) is 0 Å². The Balaban J connectivity index is 0. The van der Waals surface area contributed by atoms with Crippen molar-refractivity contribution in [3.63, 3.8) is 0 Å². The SMILES string of the molecule is CCCCCCCCCCCCCCCCCC(=O)C(N)C(O)C(=O)CCCCCCCCCCCCCCCCC.O=P(O)(O)O. The maximum absolute atomic E-state index is 12.4. The first kappa shape index (κ1) is 48.5. The zero-order valence-corrected chi connectivity index (χ0v) is 31.7. The van der Waals surface area contributed by atoms with Crippen LogP contribution >= 0.6 is 7.82 Å². The number of hydrogen-bond donors (Lipinski definition) is 5. The zero-order chi connectivity index (χ0) is 35.4. The number of hydrogen-bond acceptors (Lipinski definition) is 5. The minimum Gasteiger partial charge on any atom is -0.383 e. The van der Waals surface area contributed by atoms with Gasteiger partial charge in [0.05, 0.1) is 6.04 Å². The van der Waals surface area contributed by atoms with E-state index in [2.05, 4.69) is 13.8 Å². The highest BCUT2D eigenvalue weighted by molar-refractivity contribution is 7.45. The molecule has 282 valence electrons. The molecule has 0 heterocycles. The zero-order valence-electron chi connectivity index (χ0n) is 30.8. The molecule has 0 aromatic carbocycles. The van der Waals surface area contributed by atoms with Crippen LogP contribution in [0.2, 0.25) is 0 Å². The summed E-state index contributed by atoms with van der Waals surface area (Å²) in [5.74, 6) is -0.427. The summed E-state index contributed by atoms with van der Waals surface area (Å²) < 4.78 is 8.88. The standard InChI is InChI=1S/C38H75NO3.H3O4P/c1-3-5-7-9-11-13-15-17-19-21-23-25-27-29-31-33-35(40)37(39)38(42)36(41)34-32-30-28-26-24-22-20-18-16-14-12-10-8-6-4-2;1-5(2,3)4/h37-38,42H,3-34,39H2,1-2H3;(H3,1,2,3,4). The number of Topliss-reactive ketones (excluding diaryl/α,β-unsaturated/α-hetero) is 2. The molecule has 9 heteroatoms. The highest BCUT2D eigenvalue weighted by Gasteiger charge is 2.27. The molecule has 2 unspecified atom stereocenters. The fourth-order valence-electron chi connectivity index (χ4n) is 6.03. The summed E-state index contributed by atoms with van der Waals surface area (Å²) in [5.41, 5.74) is 5.96. The summed E-state index contributed by atoms with van der Waals surface area (Å²) >= 11 is 0. The number of aliphatic hydroxyl groups excluding tert-OH is 1. The van der Waals surface area contributed by atoms with Crippen LogP contribution in [-0.4, -0.2) is 43.5 Å². The minimum atomic E-state index is -4.64. The van der Waals surface area contributed by atoms with E-state index in [1.165, 1.54) is 154 Å². The fourth-order valence-corrected chi connectivity index (χ4v) is 6.03. The van der Waals surface area contributed by atoms with Gasteiger partial charge in [-0.25, -0.2) is 4.57 Å². The molecule has 8 nitrogen and oxygen atoms in total. The molecule has 0 aromatic heterocycles. The maximum Gasteiger partial charge on any atom is 0.466 e. The number of carbonyl (C=O) groups excluding carboxylic acids is 2. The molecule has 0 aromatic rings. The van der Waals surface area contributed by atoms with E-state index in [9.17, 15) is 14.7 Å². The topological polar surface area (TPSA) is 158 Å². The second-order valence-corrected chi connectivity index (χ2v) is 14.8. The maximum atomic E-state index is 12.4. The molecule has 0 fully saturated rings. The third-order valence-electron chi connectivity index (χ3n) is 9.10. The Bertz CT molecular complexity index is 673. The predicted molar refractivity (Wildman–Crippen MR) is 197 cm³/mol. The van der Waals surface area contributed by atoms with Crippen LogP contribution in [0.25, 0.3) is 0 Å². The summed E-state index contributed by atoms with van der Waals surface area (Å²) in [5, 5.41) is 10.3. The van der Waals surface area contributed by atoms with Gasteiger partial charge in [-0.05, 0) is 12.8 Å². The lowest BCUT2D eigenvalue weighted by Crippen LogP contribution is -2.46. The van der Waals surface area contributed by atoms with E-state index >= 15 is 0 Å². The lowest BCUT2D eigenvalue weighted by molar-refractivity contribution is -0.134. The Kier molecular flexibility index (Phi) is 37.8. The minimum absolute atomic E-state index is 0.165. The van der Waals surface area contributed by atoms with Crippen LogP contribution in [0.15, 0.2) is 0 Å². The number of aliphatic hydroxyl groups is 1. The molecule has 0 radical (unpaired) electrons. The Morgan fingerprint density at radius 1 is 0.447 bits per heavy atom. The molecule has 0 aliphatic carbocycles. The molecule has 6 N–H and O–H groups in total. The molecule has 2 atom stereocenters. The van der Waals surface area contributed by atoms with Crippen LogP contribution in [0, 0.1) is 0 Å². The molecule has 0 aliphatic rings. The van der Waals surface area contributed by atoms with Crippen LogP contribution in [0.5, 0.6) is 0 Å². The van der Waals surface area contributed by atoms with Crippen molar-refractivity contribution < 1.29 is 33.9 Å². The molecule has 0 saturated heterocycles. The van der Waals surface area contributed by atoms with Gasteiger partial charge in [0, 0.05) is 12.8 Å². The van der Waals surface area contributed by atoms with Crippen molar-refractivity contribution in [2.45, 2.75) is 231 Å². The van der Waals surface area contributed by atoms with Crippen molar-refractivity contribution in [3.8, 4) is 0 Å². The molecular weight excluding hydrogens is 613 g/mol. The van der Waals surface area contributed by atoms with E-state index in [-0.39, 0.29) is 11.6 Å². The van der Waals surface area contributed by atoms with E-state index in [0.29, 0.717) is 12.8 Å². The molecule has 0 saturated carbocycles. The number of carbonyl (C=O) groups is 2. The molecular formula is C38H78NO7P. The van der Waals surface area contributed by atoms with Gasteiger partial charge in [-0.2, -0.15) is 0 Å². The number of nitrogens with two attached hydrogens (primary N) is 1. The highest BCUT2D eigenvalue weighted by atomic mass is 31.2. The first-order chi connectivity index (χ1) is 22.5. The molecule has 0 spiro atoms. The van der Waals surface area contributed by atoms with E-state index < -0.39 is 20.0 Å². The van der Waals surface area contributed by atoms with Crippen molar-refractivity contribution in [3.05, 3.63) is 0 Å². The number of rotatable bonds is 35. The van der Waals surface area contributed by atoms with Gasteiger partial charge in [0.2, 0.25) is 0 Å². The first-order valence-electron chi connectivity index (χ1n) is 19.8. The van der Waals surface area contributed by atoms with Crippen LogP contribution in [0.4, 0.5) is 0 Å². The molecule has 0 aliphatic heterocycles. The Morgan fingerprint density at radius 2 is 0.638 bits per heavy atom. The van der Waals surface area contributed by atoms with Gasteiger partial charge in [0.15, 0.2) is 11.6 Å². The summed E-state index contributed by atoms with van der Waals surface area (Å²) in [6.07, 6.45) is 37.9. The van der Waals surface area contributed by atoms with Crippen LogP contribution in [-0.2, 0) is 14.2 Å². The predicted octanol–water partition coefficient (Wildman–Crippen LogP) is 10.4. The third-order valence-corrected chi connectivity index (χ3v) is 9.10. The van der Waals surface area contributed by atoms with Crippen LogP contribution in [0.3, 0.4) is 0 Å². The smallest absolute Gasteiger partial charge is 0.383 e. The number of phosphoric acid groups is 1. The Hall–Kier alpha value is -0.630. The van der Waals surface area contributed by atoms with Gasteiger partial charge >= 0.3 is 7.82 Å². The van der Waals surface area contributed by atoms with Crippen molar-refractivity contribution in [1.82, 2.24) is 0 Å². The summed E-state index contributed by atoms with van der Waals surface area (Å²) in [7, 11) is -4.64. The normalized spacial score (nSPS) is 12.8. The lowest BCUT2D eigenvalue weighted by atomic mass is 9.96. The lowest BCUT2D eigenvalue weighted by Gasteiger charge is -2.16. The summed E-state index contributed by atoms with van der Waals surface area (Å²) in [6, 6.07) is -1.06. The van der Waals surface area contributed by atoms with E-state index in [1.807, 2.05) is 0 Å². The van der Waals surface area contributed by atoms with E-state index in [4.69, 9.17) is 25.0 Å². The quantitative estimate of drug-likeness (QED) is 0.0324. The summed E-state index contributed by atoms with van der Waals surface area (Å²) in [4.78, 5) is 46.3. The number of ketones is 2. The average molecular weight is 692 g/mol. The van der Waals surface area contributed by atoms with Gasteiger partial charge < -0.3 is 25.5 Å². The molecule has 0 bridgehead atoms. The molecule has 0 rings (SSSR count).